The Labute approximate surface area is 73.9 Å². The van der Waals surface area contributed by atoms with Crippen molar-refractivity contribution in [3.05, 3.63) is 0 Å². The van der Waals surface area contributed by atoms with Crippen LogP contribution in [0.2, 0.25) is 0 Å². The molecule has 0 aromatic rings. The average Bonchev–Trinajstić information content (AvgIpc) is 1.79. The number of carbonyl (C=O) groups excluding carboxylic acids is 1. The van der Waals surface area contributed by atoms with E-state index in [0.29, 0.717) is 0 Å². The molecule has 6 heteroatoms. The van der Waals surface area contributed by atoms with Gasteiger partial charge in [-0.2, -0.15) is 13.2 Å². The number of rotatable bonds is 1. The maximum Gasteiger partial charge on any atom is 0.414 e. The largest absolute Gasteiger partial charge is 0.414 e. The number of amides is 1. The first-order valence-corrected chi connectivity index (χ1v) is 3.81. The van der Waals surface area contributed by atoms with E-state index >= 15 is 0 Å². The van der Waals surface area contributed by atoms with Crippen LogP contribution in [0.4, 0.5) is 13.2 Å². The lowest BCUT2D eigenvalue weighted by Gasteiger charge is -2.49. The third-order valence-corrected chi connectivity index (χ3v) is 2.04. The molecular formula is C7H11F3N2O. The second-order valence-corrected chi connectivity index (χ2v) is 3.43. The molecule has 1 aliphatic rings. The molecule has 0 saturated carbocycles. The molecule has 0 aliphatic carbocycles. The first-order valence-electron chi connectivity index (χ1n) is 3.81. The van der Waals surface area contributed by atoms with Crippen LogP contribution < -0.4 is 5.32 Å². The van der Waals surface area contributed by atoms with Crippen molar-refractivity contribution >= 4 is 5.91 Å². The zero-order valence-electron chi connectivity index (χ0n) is 7.40. The number of hydrogen-bond acceptors (Lipinski definition) is 2. The van der Waals surface area contributed by atoms with E-state index in [0.717, 1.165) is 6.92 Å². The summed E-state index contributed by atoms with van der Waals surface area (Å²) >= 11 is 0. The summed E-state index contributed by atoms with van der Waals surface area (Å²) in [5, 5.41) is 1.96. The van der Waals surface area contributed by atoms with Crippen molar-refractivity contribution in [2.45, 2.75) is 18.6 Å². The molecule has 0 radical (unpaired) electrons. The van der Waals surface area contributed by atoms with E-state index < -0.39 is 17.6 Å². The Kier molecular flexibility index (Phi) is 2.27. The quantitative estimate of drug-likeness (QED) is 0.657. The smallest absolute Gasteiger partial charge is 0.340 e. The molecule has 3 nitrogen and oxygen atoms in total. The second-order valence-electron chi connectivity index (χ2n) is 3.43. The van der Waals surface area contributed by atoms with E-state index in [2.05, 4.69) is 0 Å². The van der Waals surface area contributed by atoms with Crippen LogP contribution in [0.15, 0.2) is 0 Å². The van der Waals surface area contributed by atoms with Crippen molar-refractivity contribution in [3.63, 3.8) is 0 Å². The molecule has 0 aromatic carbocycles. The number of alkyl halides is 3. The Morgan fingerprint density at radius 3 is 2.15 bits per heavy atom. The van der Waals surface area contributed by atoms with Gasteiger partial charge in [0.15, 0.2) is 5.54 Å². The maximum atomic E-state index is 12.4. The van der Waals surface area contributed by atoms with Crippen molar-refractivity contribution in [1.82, 2.24) is 10.2 Å². The Morgan fingerprint density at radius 1 is 1.46 bits per heavy atom. The number of likely N-dealkylation sites (N-methyl/N-ethyl adjacent to an activating group) is 1. The van der Waals surface area contributed by atoms with Crippen LogP contribution in [0.5, 0.6) is 0 Å². The summed E-state index contributed by atoms with van der Waals surface area (Å²) in [6, 6.07) is 0. The predicted molar refractivity (Wildman–Crippen MR) is 40.1 cm³/mol. The minimum absolute atomic E-state index is 0.171. The van der Waals surface area contributed by atoms with Crippen LogP contribution in [-0.2, 0) is 4.79 Å². The van der Waals surface area contributed by atoms with E-state index in [1.807, 2.05) is 5.32 Å². The molecule has 76 valence electrons. The predicted octanol–water partition coefficient (Wildman–Crippen LogP) is 0.369. The molecule has 0 spiro atoms. The number of halogens is 3. The van der Waals surface area contributed by atoms with Crippen LogP contribution in [-0.4, -0.2) is 42.7 Å². The SMILES string of the molecule is CC(=O)NC1(C(F)(F)F)CN(C)C1. The molecule has 0 aromatic heterocycles. The maximum absolute atomic E-state index is 12.4. The minimum Gasteiger partial charge on any atom is -0.340 e. The summed E-state index contributed by atoms with van der Waals surface area (Å²) in [6.45, 7) is 0.748. The Balaban J connectivity index is 2.73. The second kappa shape index (κ2) is 2.87. The molecule has 1 amide bonds. The molecule has 13 heavy (non-hydrogen) atoms. The summed E-state index contributed by atoms with van der Waals surface area (Å²) in [5.74, 6) is -0.648. The van der Waals surface area contributed by atoms with Gasteiger partial charge in [-0.15, -0.1) is 0 Å². The third-order valence-electron chi connectivity index (χ3n) is 2.04. The molecule has 0 unspecified atom stereocenters. The fourth-order valence-corrected chi connectivity index (χ4v) is 1.54. The number of nitrogens with one attached hydrogen (secondary N) is 1. The molecule has 1 heterocycles. The number of carbonyl (C=O) groups is 1. The third kappa shape index (κ3) is 1.77. The fourth-order valence-electron chi connectivity index (χ4n) is 1.54. The highest BCUT2D eigenvalue weighted by atomic mass is 19.4. The lowest BCUT2D eigenvalue weighted by molar-refractivity contribution is -0.231. The van der Waals surface area contributed by atoms with Crippen LogP contribution >= 0.6 is 0 Å². The monoisotopic (exact) mass is 196 g/mol. The summed E-state index contributed by atoms with van der Waals surface area (Å²) in [5.41, 5.74) is -2.02. The summed E-state index contributed by atoms with van der Waals surface area (Å²) in [6.07, 6.45) is -4.37. The topological polar surface area (TPSA) is 32.3 Å². The van der Waals surface area contributed by atoms with Crippen LogP contribution in [0.3, 0.4) is 0 Å². The first-order chi connectivity index (χ1) is 5.77. The average molecular weight is 196 g/mol. The van der Waals surface area contributed by atoms with Gasteiger partial charge in [-0.25, -0.2) is 0 Å². The first kappa shape index (κ1) is 10.3. The van der Waals surface area contributed by atoms with E-state index in [1.165, 1.54) is 4.90 Å². The summed E-state index contributed by atoms with van der Waals surface area (Å²) < 4.78 is 37.3. The van der Waals surface area contributed by atoms with Gasteiger partial charge in [-0.05, 0) is 7.05 Å². The number of likely N-dealkylation sites (tertiary alicyclic amines) is 1. The van der Waals surface area contributed by atoms with Gasteiger partial charge >= 0.3 is 6.18 Å². The van der Waals surface area contributed by atoms with Crippen LogP contribution in [0.1, 0.15) is 6.92 Å². The van der Waals surface area contributed by atoms with Crippen LogP contribution in [0.25, 0.3) is 0 Å². The Hall–Kier alpha value is -0.780. The normalized spacial score (nSPS) is 22.2. The highest BCUT2D eigenvalue weighted by Gasteiger charge is 2.61. The molecule has 1 aliphatic heterocycles. The van der Waals surface area contributed by atoms with Crippen LogP contribution in [0, 0.1) is 0 Å². The Morgan fingerprint density at radius 2 is 1.92 bits per heavy atom. The van der Waals surface area contributed by atoms with Crippen molar-refractivity contribution < 1.29 is 18.0 Å². The summed E-state index contributed by atoms with van der Waals surface area (Å²) in [7, 11) is 1.58. The van der Waals surface area contributed by atoms with Gasteiger partial charge in [-0.3, -0.25) is 4.79 Å². The fraction of sp³-hybridized carbons (Fsp3) is 0.857. The van der Waals surface area contributed by atoms with Gasteiger partial charge in [0.25, 0.3) is 0 Å². The molecule has 0 atom stereocenters. The Bertz CT molecular complexity index is 220. The lowest BCUT2D eigenvalue weighted by Crippen LogP contribution is -2.75. The van der Waals surface area contributed by atoms with Crippen molar-refractivity contribution in [2.24, 2.45) is 0 Å². The zero-order valence-corrected chi connectivity index (χ0v) is 7.40. The van der Waals surface area contributed by atoms with Crippen molar-refractivity contribution in [1.29, 1.82) is 0 Å². The molecule has 1 rings (SSSR count). The zero-order chi connectivity index (χ0) is 10.3. The van der Waals surface area contributed by atoms with E-state index in [9.17, 15) is 18.0 Å². The highest BCUT2D eigenvalue weighted by Crippen LogP contribution is 2.36. The molecule has 1 N–H and O–H groups in total. The number of nitrogens with zero attached hydrogens (tertiary/aromatic N) is 1. The van der Waals surface area contributed by atoms with Gasteiger partial charge < -0.3 is 10.2 Å². The van der Waals surface area contributed by atoms with Crippen molar-refractivity contribution in [3.8, 4) is 0 Å². The van der Waals surface area contributed by atoms with E-state index in [4.69, 9.17) is 0 Å². The molecule has 0 bridgehead atoms. The van der Waals surface area contributed by atoms with Crippen molar-refractivity contribution in [2.75, 3.05) is 20.1 Å². The highest BCUT2D eigenvalue weighted by molar-refractivity contribution is 5.74. The minimum atomic E-state index is -4.37. The van der Waals surface area contributed by atoms with Gasteiger partial charge in [0.2, 0.25) is 5.91 Å². The van der Waals surface area contributed by atoms with E-state index in [-0.39, 0.29) is 13.1 Å². The van der Waals surface area contributed by atoms with E-state index in [1.54, 1.807) is 7.05 Å². The van der Waals surface area contributed by atoms with Gasteiger partial charge in [0.1, 0.15) is 0 Å². The lowest BCUT2D eigenvalue weighted by atomic mass is 9.89. The molecular weight excluding hydrogens is 185 g/mol. The van der Waals surface area contributed by atoms with Gasteiger partial charge in [0.05, 0.1) is 0 Å². The molecule has 1 fully saturated rings. The number of hydrogen-bond donors (Lipinski definition) is 1. The summed E-state index contributed by atoms with van der Waals surface area (Å²) in [4.78, 5) is 12.1. The van der Waals surface area contributed by atoms with Gasteiger partial charge in [-0.1, -0.05) is 0 Å². The molecule has 1 saturated heterocycles. The standard InChI is InChI=1S/C7H11F3N2O/c1-5(13)11-6(7(8,9)10)3-12(2)4-6/h3-4H2,1-2H3,(H,11,13). The van der Waals surface area contributed by atoms with Gasteiger partial charge in [0, 0.05) is 20.0 Å².